The SMILES string of the molecule is COc1ccccc1C(=O)Nc1ccc(-n2cnc3ccccc32)cc1. The van der Waals surface area contributed by atoms with Crippen LogP contribution in [0.1, 0.15) is 10.4 Å². The molecule has 3 aromatic carbocycles. The molecule has 4 aromatic rings. The molecule has 0 bridgehead atoms. The van der Waals surface area contributed by atoms with E-state index >= 15 is 0 Å². The minimum Gasteiger partial charge on any atom is -0.496 e. The van der Waals surface area contributed by atoms with Crippen molar-refractivity contribution in [3.05, 3.63) is 84.7 Å². The molecule has 0 unspecified atom stereocenters. The summed E-state index contributed by atoms with van der Waals surface area (Å²) in [6.07, 6.45) is 1.80. The molecule has 1 amide bonds. The average molecular weight is 343 g/mol. The van der Waals surface area contributed by atoms with E-state index in [4.69, 9.17) is 4.74 Å². The number of nitrogens with zero attached hydrogens (tertiary/aromatic N) is 2. The molecule has 26 heavy (non-hydrogen) atoms. The normalized spacial score (nSPS) is 10.7. The van der Waals surface area contributed by atoms with Crippen LogP contribution in [0.15, 0.2) is 79.1 Å². The van der Waals surface area contributed by atoms with E-state index < -0.39 is 0 Å². The molecule has 0 fully saturated rings. The number of amides is 1. The van der Waals surface area contributed by atoms with Crippen LogP contribution in [0.4, 0.5) is 5.69 Å². The predicted octanol–water partition coefficient (Wildman–Crippen LogP) is 4.29. The van der Waals surface area contributed by atoms with Crippen LogP contribution < -0.4 is 10.1 Å². The first-order valence-electron chi connectivity index (χ1n) is 8.23. The molecule has 0 aliphatic carbocycles. The van der Waals surface area contributed by atoms with Gasteiger partial charge in [0.25, 0.3) is 5.91 Å². The predicted molar refractivity (Wildman–Crippen MR) is 102 cm³/mol. The van der Waals surface area contributed by atoms with Crippen LogP contribution in [-0.2, 0) is 0 Å². The monoisotopic (exact) mass is 343 g/mol. The summed E-state index contributed by atoms with van der Waals surface area (Å²) in [6.45, 7) is 0. The highest BCUT2D eigenvalue weighted by Gasteiger charge is 2.11. The topological polar surface area (TPSA) is 56.1 Å². The van der Waals surface area contributed by atoms with E-state index in [0.29, 0.717) is 17.0 Å². The standard InChI is InChI=1S/C21H17N3O2/c1-26-20-9-5-2-6-17(20)21(25)23-15-10-12-16(13-11-15)24-14-22-18-7-3-4-8-19(18)24/h2-14H,1H3,(H,23,25). The lowest BCUT2D eigenvalue weighted by molar-refractivity contribution is 0.102. The molecule has 5 heteroatoms. The smallest absolute Gasteiger partial charge is 0.259 e. The Bertz CT molecular complexity index is 1070. The largest absolute Gasteiger partial charge is 0.496 e. The van der Waals surface area contributed by atoms with Crippen molar-refractivity contribution in [3.63, 3.8) is 0 Å². The van der Waals surface area contributed by atoms with Crippen LogP contribution in [0, 0.1) is 0 Å². The molecule has 0 aliphatic rings. The Morgan fingerprint density at radius 1 is 0.962 bits per heavy atom. The van der Waals surface area contributed by atoms with Gasteiger partial charge in [-0.05, 0) is 48.5 Å². The number of anilines is 1. The number of fused-ring (bicyclic) bond motifs is 1. The number of hydrogen-bond acceptors (Lipinski definition) is 3. The second-order valence-corrected chi connectivity index (χ2v) is 5.80. The van der Waals surface area contributed by atoms with Gasteiger partial charge in [0.05, 0.1) is 23.7 Å². The third-order valence-corrected chi connectivity index (χ3v) is 4.21. The zero-order valence-electron chi connectivity index (χ0n) is 14.2. The Hall–Kier alpha value is -3.60. The second kappa shape index (κ2) is 6.72. The van der Waals surface area contributed by atoms with Gasteiger partial charge in [-0.25, -0.2) is 4.98 Å². The molecule has 4 rings (SSSR count). The number of carbonyl (C=O) groups excluding carboxylic acids is 1. The summed E-state index contributed by atoms with van der Waals surface area (Å²) in [4.78, 5) is 16.9. The minimum atomic E-state index is -0.205. The van der Waals surface area contributed by atoms with Crippen molar-refractivity contribution < 1.29 is 9.53 Å². The third-order valence-electron chi connectivity index (χ3n) is 4.21. The zero-order valence-corrected chi connectivity index (χ0v) is 14.2. The van der Waals surface area contributed by atoms with Gasteiger partial charge in [0.1, 0.15) is 12.1 Å². The molecule has 1 aromatic heterocycles. The van der Waals surface area contributed by atoms with Gasteiger partial charge in [-0.1, -0.05) is 24.3 Å². The third kappa shape index (κ3) is 2.91. The van der Waals surface area contributed by atoms with E-state index in [-0.39, 0.29) is 5.91 Å². The minimum absolute atomic E-state index is 0.205. The molecule has 1 N–H and O–H groups in total. The lowest BCUT2D eigenvalue weighted by atomic mass is 10.2. The fourth-order valence-electron chi connectivity index (χ4n) is 2.90. The van der Waals surface area contributed by atoms with Crippen LogP contribution in [0.3, 0.4) is 0 Å². The molecule has 128 valence electrons. The Kier molecular flexibility index (Phi) is 4.11. The van der Waals surface area contributed by atoms with Crippen LogP contribution in [0.5, 0.6) is 5.75 Å². The number of hydrogen-bond donors (Lipinski definition) is 1. The van der Waals surface area contributed by atoms with Crippen LogP contribution >= 0.6 is 0 Å². The van der Waals surface area contributed by atoms with Gasteiger partial charge in [0.15, 0.2) is 0 Å². The number of aromatic nitrogens is 2. The summed E-state index contributed by atoms with van der Waals surface area (Å²) in [5.41, 5.74) is 4.18. The highest BCUT2D eigenvalue weighted by Crippen LogP contribution is 2.22. The van der Waals surface area contributed by atoms with E-state index in [1.54, 1.807) is 25.6 Å². The maximum Gasteiger partial charge on any atom is 0.259 e. The highest BCUT2D eigenvalue weighted by molar-refractivity contribution is 6.06. The zero-order chi connectivity index (χ0) is 17.9. The Morgan fingerprint density at radius 2 is 1.69 bits per heavy atom. The van der Waals surface area contributed by atoms with Gasteiger partial charge < -0.3 is 10.1 Å². The first-order chi connectivity index (χ1) is 12.8. The van der Waals surface area contributed by atoms with Crippen molar-refractivity contribution in [2.45, 2.75) is 0 Å². The van der Waals surface area contributed by atoms with Gasteiger partial charge >= 0.3 is 0 Å². The van der Waals surface area contributed by atoms with Crippen LogP contribution in [0.25, 0.3) is 16.7 Å². The van der Waals surface area contributed by atoms with E-state index in [1.807, 2.05) is 65.2 Å². The van der Waals surface area contributed by atoms with Gasteiger partial charge in [0, 0.05) is 11.4 Å². The molecule has 0 atom stereocenters. The van der Waals surface area contributed by atoms with E-state index in [9.17, 15) is 4.79 Å². The van der Waals surface area contributed by atoms with Gasteiger partial charge in [-0.15, -0.1) is 0 Å². The number of para-hydroxylation sites is 3. The van der Waals surface area contributed by atoms with Crippen molar-refractivity contribution in [1.82, 2.24) is 9.55 Å². The van der Waals surface area contributed by atoms with E-state index in [2.05, 4.69) is 10.3 Å². The van der Waals surface area contributed by atoms with Crippen LogP contribution in [-0.4, -0.2) is 22.6 Å². The number of nitrogens with one attached hydrogen (secondary N) is 1. The van der Waals surface area contributed by atoms with Gasteiger partial charge in [-0.3, -0.25) is 9.36 Å². The molecular weight excluding hydrogens is 326 g/mol. The lowest BCUT2D eigenvalue weighted by Crippen LogP contribution is -2.13. The summed E-state index contributed by atoms with van der Waals surface area (Å²) in [5, 5.41) is 2.90. The highest BCUT2D eigenvalue weighted by atomic mass is 16.5. The number of benzene rings is 3. The Morgan fingerprint density at radius 3 is 2.50 bits per heavy atom. The number of imidazole rings is 1. The van der Waals surface area contributed by atoms with Gasteiger partial charge in [-0.2, -0.15) is 0 Å². The Labute approximate surface area is 150 Å². The molecule has 0 spiro atoms. The molecule has 5 nitrogen and oxygen atoms in total. The molecule has 0 saturated heterocycles. The summed E-state index contributed by atoms with van der Waals surface area (Å²) in [7, 11) is 1.55. The molecule has 0 saturated carbocycles. The van der Waals surface area contributed by atoms with E-state index in [0.717, 1.165) is 16.7 Å². The first kappa shape index (κ1) is 15.9. The van der Waals surface area contributed by atoms with Crippen molar-refractivity contribution in [1.29, 1.82) is 0 Å². The van der Waals surface area contributed by atoms with Crippen molar-refractivity contribution in [2.24, 2.45) is 0 Å². The second-order valence-electron chi connectivity index (χ2n) is 5.80. The summed E-state index contributed by atoms with van der Waals surface area (Å²) < 4.78 is 7.26. The first-order valence-corrected chi connectivity index (χ1v) is 8.23. The fraction of sp³-hybridized carbons (Fsp3) is 0.0476. The number of rotatable bonds is 4. The Balaban J connectivity index is 1.57. The average Bonchev–Trinajstić information content (AvgIpc) is 3.12. The summed E-state index contributed by atoms with van der Waals surface area (Å²) in [6, 6.07) is 22.8. The number of carbonyl (C=O) groups is 1. The molecule has 0 aliphatic heterocycles. The molecular formula is C21H17N3O2. The molecule has 1 heterocycles. The van der Waals surface area contributed by atoms with Crippen molar-refractivity contribution in [3.8, 4) is 11.4 Å². The fourth-order valence-corrected chi connectivity index (χ4v) is 2.90. The van der Waals surface area contributed by atoms with Crippen LogP contribution in [0.2, 0.25) is 0 Å². The molecule has 0 radical (unpaired) electrons. The van der Waals surface area contributed by atoms with Crippen molar-refractivity contribution in [2.75, 3.05) is 12.4 Å². The number of ether oxygens (including phenoxy) is 1. The van der Waals surface area contributed by atoms with E-state index in [1.165, 1.54) is 0 Å². The van der Waals surface area contributed by atoms with Gasteiger partial charge in [0.2, 0.25) is 0 Å². The lowest BCUT2D eigenvalue weighted by Gasteiger charge is -2.10. The number of methoxy groups -OCH3 is 1. The summed E-state index contributed by atoms with van der Waals surface area (Å²) >= 11 is 0. The van der Waals surface area contributed by atoms with Crippen molar-refractivity contribution >= 4 is 22.6 Å². The maximum absolute atomic E-state index is 12.5. The quantitative estimate of drug-likeness (QED) is 0.601. The summed E-state index contributed by atoms with van der Waals surface area (Å²) in [5.74, 6) is 0.342. The maximum atomic E-state index is 12.5.